The summed E-state index contributed by atoms with van der Waals surface area (Å²) in [5.41, 5.74) is 1.49. The highest BCUT2D eigenvalue weighted by Crippen LogP contribution is 2.31. The quantitative estimate of drug-likeness (QED) is 0.747. The number of carbonyl (C=O) groups is 1. The molecule has 7 heteroatoms. The van der Waals surface area contributed by atoms with Gasteiger partial charge in [-0.2, -0.15) is 0 Å². The zero-order valence-electron chi connectivity index (χ0n) is 16.6. The summed E-state index contributed by atoms with van der Waals surface area (Å²) in [5.74, 6) is 1.57. The molecule has 1 amide bonds. The van der Waals surface area contributed by atoms with E-state index in [-0.39, 0.29) is 5.91 Å². The summed E-state index contributed by atoms with van der Waals surface area (Å²) >= 11 is 1.58. The van der Waals surface area contributed by atoms with E-state index in [1.807, 2.05) is 48.5 Å². The number of unbranched alkanes of at least 4 members (excludes halogenated alkanes) is 2. The molecule has 2 aliphatic rings. The molecule has 0 unspecified atom stereocenters. The number of ether oxygens (including phenoxy) is 1. The molecule has 0 radical (unpaired) electrons. The van der Waals surface area contributed by atoms with Crippen LogP contribution < -0.4 is 20.6 Å². The highest BCUT2D eigenvalue weighted by molar-refractivity contribution is 8.13. The topological polar surface area (TPSA) is 66.3 Å². The Hall–Kier alpha value is -2.80. The number of hydrogen-bond acceptors (Lipinski definition) is 6. The smallest absolute Gasteiger partial charge is 0.276 e. The van der Waals surface area contributed by atoms with Crippen LogP contribution in [0.4, 0.5) is 0 Å². The average Bonchev–Trinajstić information content (AvgIpc) is 2.76. The van der Waals surface area contributed by atoms with Gasteiger partial charge in [-0.1, -0.05) is 61.9 Å². The summed E-state index contributed by atoms with van der Waals surface area (Å²) in [4.78, 5) is 17.9. The average molecular weight is 409 g/mol. The summed E-state index contributed by atoms with van der Waals surface area (Å²) in [6.45, 7) is 2.18. The first kappa shape index (κ1) is 19.5. The SMILES string of the molecule is CCCCCSC1=NN2C(=c3ccccc3=N[C@H]2c2ccc(OC)cc2)C(=O)N1. The first-order valence-electron chi connectivity index (χ1n) is 9.84. The molecule has 0 fully saturated rings. The van der Waals surface area contributed by atoms with Crippen LogP contribution in [-0.2, 0) is 4.79 Å². The van der Waals surface area contributed by atoms with Gasteiger partial charge in [-0.25, -0.2) is 5.01 Å². The summed E-state index contributed by atoms with van der Waals surface area (Å²) in [5, 5.41) is 11.7. The number of nitrogens with zero attached hydrogens (tertiary/aromatic N) is 3. The van der Waals surface area contributed by atoms with Crippen LogP contribution >= 0.6 is 11.8 Å². The van der Waals surface area contributed by atoms with Crippen LogP contribution in [0.5, 0.6) is 5.75 Å². The van der Waals surface area contributed by atoms with Crippen molar-refractivity contribution in [1.29, 1.82) is 0 Å². The number of para-hydroxylation sites is 1. The first-order valence-corrected chi connectivity index (χ1v) is 10.8. The molecule has 0 saturated heterocycles. The predicted molar refractivity (Wildman–Crippen MR) is 116 cm³/mol. The third-order valence-corrected chi connectivity index (χ3v) is 5.87. The molecule has 0 saturated carbocycles. The minimum absolute atomic E-state index is 0.140. The lowest BCUT2D eigenvalue weighted by atomic mass is 10.1. The number of carbonyl (C=O) groups excluding carboxylic acids is 1. The van der Waals surface area contributed by atoms with E-state index in [2.05, 4.69) is 12.2 Å². The molecular formula is C22H24N4O2S. The van der Waals surface area contributed by atoms with Gasteiger partial charge in [0.05, 0.1) is 12.5 Å². The number of thioether (sulfide) groups is 1. The number of hydrogen-bond donors (Lipinski definition) is 1. The Morgan fingerprint density at radius 2 is 1.93 bits per heavy atom. The van der Waals surface area contributed by atoms with Gasteiger partial charge >= 0.3 is 0 Å². The molecule has 2 aromatic rings. The molecule has 2 aliphatic heterocycles. The number of hydrazone groups is 1. The van der Waals surface area contributed by atoms with E-state index in [0.717, 1.165) is 34.1 Å². The molecule has 1 N–H and O–H groups in total. The zero-order valence-corrected chi connectivity index (χ0v) is 17.4. The number of methoxy groups -OCH3 is 1. The van der Waals surface area contributed by atoms with Crippen molar-refractivity contribution in [2.45, 2.75) is 32.4 Å². The van der Waals surface area contributed by atoms with E-state index in [4.69, 9.17) is 14.8 Å². The molecule has 29 heavy (non-hydrogen) atoms. The molecule has 6 nitrogen and oxygen atoms in total. The second-order valence-corrected chi connectivity index (χ2v) is 7.98. The van der Waals surface area contributed by atoms with Crippen molar-refractivity contribution in [2.24, 2.45) is 10.1 Å². The van der Waals surface area contributed by atoms with Crippen molar-refractivity contribution in [3.05, 3.63) is 64.7 Å². The van der Waals surface area contributed by atoms with Crippen LogP contribution in [0.2, 0.25) is 0 Å². The van der Waals surface area contributed by atoms with Crippen LogP contribution in [0.3, 0.4) is 0 Å². The number of rotatable bonds is 6. The van der Waals surface area contributed by atoms with Gasteiger partial charge in [0.2, 0.25) is 0 Å². The predicted octanol–water partition coefficient (Wildman–Crippen LogP) is 2.76. The molecular weight excluding hydrogens is 384 g/mol. The van der Waals surface area contributed by atoms with Crippen LogP contribution in [0.1, 0.15) is 37.9 Å². The number of amidine groups is 1. The fourth-order valence-electron chi connectivity index (χ4n) is 3.41. The third kappa shape index (κ3) is 4.00. The number of amides is 1. The normalized spacial score (nSPS) is 17.7. The zero-order chi connectivity index (χ0) is 20.2. The van der Waals surface area contributed by atoms with Gasteiger partial charge in [0.25, 0.3) is 5.91 Å². The van der Waals surface area contributed by atoms with E-state index < -0.39 is 6.17 Å². The Kier molecular flexibility index (Phi) is 5.85. The molecule has 0 bridgehead atoms. The van der Waals surface area contributed by atoms with Crippen molar-refractivity contribution in [3.8, 4) is 5.75 Å². The van der Waals surface area contributed by atoms with Gasteiger partial charge in [-0.05, 0) is 30.2 Å². The van der Waals surface area contributed by atoms with Crippen LogP contribution in [0.15, 0.2) is 58.6 Å². The van der Waals surface area contributed by atoms with Gasteiger partial charge in [0.15, 0.2) is 11.3 Å². The Bertz CT molecular complexity index is 1050. The molecule has 0 aromatic heterocycles. The van der Waals surface area contributed by atoms with E-state index in [1.54, 1.807) is 23.9 Å². The van der Waals surface area contributed by atoms with Gasteiger partial charge < -0.3 is 4.74 Å². The van der Waals surface area contributed by atoms with Crippen molar-refractivity contribution in [1.82, 2.24) is 10.3 Å². The lowest BCUT2D eigenvalue weighted by Crippen LogP contribution is -2.50. The first-order chi connectivity index (χ1) is 14.2. The van der Waals surface area contributed by atoms with Crippen molar-refractivity contribution < 1.29 is 9.53 Å². The highest BCUT2D eigenvalue weighted by atomic mass is 32.2. The molecule has 0 aliphatic carbocycles. The Morgan fingerprint density at radius 3 is 2.69 bits per heavy atom. The molecule has 1 atom stereocenters. The lowest BCUT2D eigenvalue weighted by Gasteiger charge is -2.34. The standard InChI is InChI=1S/C22H24N4O2S/c1-3-4-7-14-29-22-24-21(27)19-17-8-5-6-9-18(17)23-20(26(19)25-22)15-10-12-16(28-2)13-11-15/h5-6,8-13,20H,3-4,7,14H2,1-2H3,(H,24,25,27)/t20-/m1/s1. The lowest BCUT2D eigenvalue weighted by molar-refractivity contribution is -0.116. The van der Waals surface area contributed by atoms with Gasteiger partial charge in [0.1, 0.15) is 11.4 Å². The minimum atomic E-state index is -0.400. The van der Waals surface area contributed by atoms with E-state index >= 15 is 0 Å². The maximum absolute atomic E-state index is 13.0. The monoisotopic (exact) mass is 408 g/mol. The highest BCUT2D eigenvalue weighted by Gasteiger charge is 2.34. The maximum atomic E-state index is 13.0. The molecule has 2 aromatic carbocycles. The van der Waals surface area contributed by atoms with Crippen LogP contribution in [-0.4, -0.2) is 28.9 Å². The Morgan fingerprint density at radius 1 is 1.14 bits per heavy atom. The number of fused-ring (bicyclic) bond motifs is 2. The summed E-state index contributed by atoms with van der Waals surface area (Å²) in [6, 6.07) is 15.4. The summed E-state index contributed by atoms with van der Waals surface area (Å²) in [7, 11) is 1.64. The van der Waals surface area contributed by atoms with Crippen LogP contribution in [0.25, 0.3) is 5.70 Å². The Balaban J connectivity index is 1.75. The maximum Gasteiger partial charge on any atom is 0.276 e. The fraction of sp³-hybridized carbons (Fsp3) is 0.318. The minimum Gasteiger partial charge on any atom is -0.497 e. The third-order valence-electron chi connectivity index (χ3n) is 4.92. The summed E-state index contributed by atoms with van der Waals surface area (Å²) < 4.78 is 5.27. The second-order valence-electron chi connectivity index (χ2n) is 6.90. The van der Waals surface area contributed by atoms with Gasteiger partial charge in [-0.15, -0.1) is 5.10 Å². The van der Waals surface area contributed by atoms with Gasteiger partial charge in [0, 0.05) is 11.0 Å². The van der Waals surface area contributed by atoms with Crippen LogP contribution in [0, 0.1) is 0 Å². The van der Waals surface area contributed by atoms with Crippen molar-refractivity contribution >= 4 is 28.5 Å². The molecule has 4 rings (SSSR count). The van der Waals surface area contributed by atoms with Gasteiger partial charge in [-0.3, -0.25) is 15.1 Å². The fourth-order valence-corrected chi connectivity index (χ4v) is 4.26. The number of benzene rings is 2. The Labute approximate surface area is 174 Å². The molecule has 2 heterocycles. The largest absolute Gasteiger partial charge is 0.497 e. The van der Waals surface area contributed by atoms with Crippen molar-refractivity contribution in [2.75, 3.05) is 12.9 Å². The molecule has 150 valence electrons. The summed E-state index contributed by atoms with van der Waals surface area (Å²) in [6.07, 6.45) is 3.04. The number of nitrogens with one attached hydrogen (secondary N) is 1. The second kappa shape index (κ2) is 8.69. The van der Waals surface area contributed by atoms with E-state index in [9.17, 15) is 4.79 Å². The van der Waals surface area contributed by atoms with Crippen molar-refractivity contribution in [3.63, 3.8) is 0 Å². The van der Waals surface area contributed by atoms with E-state index in [0.29, 0.717) is 10.9 Å². The van der Waals surface area contributed by atoms with E-state index in [1.165, 1.54) is 12.8 Å². The molecule has 0 spiro atoms.